The molecule has 0 saturated heterocycles. The van der Waals surface area contributed by atoms with Gasteiger partial charge in [-0.1, -0.05) is 50.0 Å². The van der Waals surface area contributed by atoms with Crippen LogP contribution in [0.4, 0.5) is 0 Å². The largest absolute Gasteiger partial charge is 0.482 e. The van der Waals surface area contributed by atoms with Gasteiger partial charge in [-0.2, -0.15) is 5.48 Å². The molecule has 1 heterocycles. The minimum Gasteiger partial charge on any atom is -0.482 e. The molecule has 1 atom stereocenters. The van der Waals surface area contributed by atoms with Crippen molar-refractivity contribution in [3.8, 4) is 5.75 Å². The van der Waals surface area contributed by atoms with E-state index in [4.69, 9.17) is 14.7 Å². The molecule has 2 aliphatic carbocycles. The first-order chi connectivity index (χ1) is 15.7. The first-order valence-electron chi connectivity index (χ1n) is 11.6. The molecule has 6 nitrogen and oxygen atoms in total. The fourth-order valence-electron chi connectivity index (χ4n) is 4.87. The number of carboxylic acids is 1. The summed E-state index contributed by atoms with van der Waals surface area (Å²) in [5.41, 5.74) is 7.93. The number of pyridine rings is 1. The molecular formula is C26H32N2O4. The van der Waals surface area contributed by atoms with E-state index in [1.165, 1.54) is 36.8 Å². The summed E-state index contributed by atoms with van der Waals surface area (Å²) in [5, 5.41) is 8.93. The zero-order valence-electron chi connectivity index (χ0n) is 18.5. The van der Waals surface area contributed by atoms with Crippen molar-refractivity contribution in [1.82, 2.24) is 10.5 Å². The quantitative estimate of drug-likeness (QED) is 0.376. The van der Waals surface area contributed by atoms with E-state index in [0.717, 1.165) is 42.7 Å². The Morgan fingerprint density at radius 1 is 1.22 bits per heavy atom. The van der Waals surface area contributed by atoms with Crippen LogP contribution in [-0.4, -0.2) is 29.3 Å². The minimum atomic E-state index is -0.963. The molecule has 0 spiro atoms. The van der Waals surface area contributed by atoms with E-state index in [-0.39, 0.29) is 12.6 Å². The Morgan fingerprint density at radius 2 is 2.09 bits per heavy atom. The molecule has 1 fully saturated rings. The lowest BCUT2D eigenvalue weighted by molar-refractivity contribution is -0.139. The van der Waals surface area contributed by atoms with Gasteiger partial charge < -0.3 is 14.7 Å². The van der Waals surface area contributed by atoms with Crippen molar-refractivity contribution < 1.29 is 19.5 Å². The second-order valence-corrected chi connectivity index (χ2v) is 8.67. The van der Waals surface area contributed by atoms with E-state index < -0.39 is 5.97 Å². The van der Waals surface area contributed by atoms with Crippen LogP contribution in [0.5, 0.6) is 5.75 Å². The topological polar surface area (TPSA) is 80.7 Å². The number of fused-ring (bicyclic) bond motifs is 1. The van der Waals surface area contributed by atoms with E-state index in [0.29, 0.717) is 12.4 Å². The standard InChI is InChI=1S/C26H32N2O4/c29-26(30)18-31-25-12-4-10-22-20(8-3-11-23(22)25)13-15-32-28-24(16-19-6-1-2-7-19)21-9-5-14-27-17-21/h4-5,8-10,12,14,17,19,24,28H,1-3,6-7,11,13,15-16,18H2,(H,29,30). The lowest BCUT2D eigenvalue weighted by Crippen LogP contribution is -2.24. The number of nitrogens with one attached hydrogen (secondary N) is 1. The SMILES string of the molecule is O=C(O)COc1cccc2c1CCC=C2CCONC(CC1CCCC1)c1cccnc1. The van der Waals surface area contributed by atoms with Gasteiger partial charge in [0.25, 0.3) is 0 Å². The molecule has 2 aromatic rings. The number of hydrogen-bond donors (Lipinski definition) is 2. The molecule has 1 unspecified atom stereocenters. The van der Waals surface area contributed by atoms with Crippen LogP contribution in [0.3, 0.4) is 0 Å². The molecule has 4 rings (SSSR count). The summed E-state index contributed by atoms with van der Waals surface area (Å²) in [6.07, 6.45) is 14.9. The normalized spacial score (nSPS) is 16.9. The lowest BCUT2D eigenvalue weighted by atomic mass is 9.89. The Hall–Kier alpha value is -2.70. The van der Waals surface area contributed by atoms with Gasteiger partial charge in [0.2, 0.25) is 0 Å². The van der Waals surface area contributed by atoms with Crippen LogP contribution in [0, 0.1) is 5.92 Å². The number of nitrogens with zero attached hydrogens (tertiary/aromatic N) is 1. The molecule has 2 aliphatic rings. The molecule has 1 aromatic heterocycles. The van der Waals surface area contributed by atoms with E-state index in [2.05, 4.69) is 28.7 Å². The molecule has 170 valence electrons. The smallest absolute Gasteiger partial charge is 0.341 e. The van der Waals surface area contributed by atoms with Crippen LogP contribution in [0.15, 0.2) is 48.8 Å². The molecule has 1 saturated carbocycles. The van der Waals surface area contributed by atoms with Gasteiger partial charge in [0.05, 0.1) is 12.6 Å². The zero-order chi connectivity index (χ0) is 22.2. The predicted molar refractivity (Wildman–Crippen MR) is 123 cm³/mol. The molecule has 1 aromatic carbocycles. The second-order valence-electron chi connectivity index (χ2n) is 8.67. The third kappa shape index (κ3) is 5.96. The van der Waals surface area contributed by atoms with Crippen LogP contribution >= 0.6 is 0 Å². The van der Waals surface area contributed by atoms with Crippen molar-refractivity contribution >= 4 is 11.5 Å². The van der Waals surface area contributed by atoms with Gasteiger partial charge in [0.15, 0.2) is 6.61 Å². The van der Waals surface area contributed by atoms with Crippen molar-refractivity contribution in [3.05, 3.63) is 65.5 Å². The van der Waals surface area contributed by atoms with E-state index in [9.17, 15) is 4.79 Å². The molecule has 0 bridgehead atoms. The van der Waals surface area contributed by atoms with Crippen LogP contribution in [0.25, 0.3) is 5.57 Å². The van der Waals surface area contributed by atoms with Crippen molar-refractivity contribution in [2.45, 2.75) is 57.4 Å². The molecule has 32 heavy (non-hydrogen) atoms. The van der Waals surface area contributed by atoms with Crippen molar-refractivity contribution in [1.29, 1.82) is 0 Å². The van der Waals surface area contributed by atoms with Gasteiger partial charge in [-0.15, -0.1) is 0 Å². The number of benzene rings is 1. The average Bonchev–Trinajstić information content (AvgIpc) is 3.33. The van der Waals surface area contributed by atoms with Gasteiger partial charge in [0.1, 0.15) is 5.75 Å². The highest BCUT2D eigenvalue weighted by molar-refractivity contribution is 5.73. The number of carboxylic acid groups (broad SMARTS) is 1. The fourth-order valence-corrected chi connectivity index (χ4v) is 4.87. The maximum atomic E-state index is 10.9. The summed E-state index contributed by atoms with van der Waals surface area (Å²) >= 11 is 0. The first kappa shape index (κ1) is 22.5. The highest BCUT2D eigenvalue weighted by Crippen LogP contribution is 2.35. The Balaban J connectivity index is 1.34. The fraction of sp³-hybridized carbons (Fsp3) is 0.462. The third-order valence-electron chi connectivity index (χ3n) is 6.44. The van der Waals surface area contributed by atoms with Gasteiger partial charge in [0, 0.05) is 18.0 Å². The summed E-state index contributed by atoms with van der Waals surface area (Å²) < 4.78 is 5.51. The summed E-state index contributed by atoms with van der Waals surface area (Å²) in [4.78, 5) is 21.1. The molecule has 0 radical (unpaired) electrons. The number of allylic oxidation sites excluding steroid dienone is 1. The average molecular weight is 437 g/mol. The summed E-state index contributed by atoms with van der Waals surface area (Å²) in [6, 6.07) is 10.1. The van der Waals surface area contributed by atoms with E-state index >= 15 is 0 Å². The van der Waals surface area contributed by atoms with Gasteiger partial charge >= 0.3 is 5.97 Å². The Bertz CT molecular complexity index is 923. The van der Waals surface area contributed by atoms with Crippen molar-refractivity contribution in [2.75, 3.05) is 13.2 Å². The number of aromatic nitrogens is 1. The molecule has 6 heteroatoms. The van der Waals surface area contributed by atoms with Crippen LogP contribution in [0.1, 0.15) is 67.7 Å². The van der Waals surface area contributed by atoms with Crippen molar-refractivity contribution in [3.63, 3.8) is 0 Å². The lowest BCUT2D eigenvalue weighted by Gasteiger charge is -2.23. The van der Waals surface area contributed by atoms with Crippen molar-refractivity contribution in [2.24, 2.45) is 5.92 Å². The Kier molecular flexibility index (Phi) is 7.91. The number of rotatable bonds is 11. The predicted octanol–water partition coefficient (Wildman–Crippen LogP) is 5.11. The Morgan fingerprint density at radius 3 is 2.88 bits per heavy atom. The second kappa shape index (κ2) is 11.2. The first-order valence-corrected chi connectivity index (χ1v) is 11.6. The van der Waals surface area contributed by atoms with E-state index in [1.807, 2.05) is 24.4 Å². The third-order valence-corrected chi connectivity index (χ3v) is 6.44. The highest BCUT2D eigenvalue weighted by atomic mass is 16.6. The monoisotopic (exact) mass is 436 g/mol. The number of hydrogen-bond acceptors (Lipinski definition) is 5. The van der Waals surface area contributed by atoms with E-state index in [1.54, 1.807) is 6.20 Å². The van der Waals surface area contributed by atoms with Gasteiger partial charge in [-0.25, -0.2) is 4.79 Å². The van der Waals surface area contributed by atoms with Gasteiger partial charge in [-0.05, 0) is 60.4 Å². The number of hydroxylamine groups is 1. The van der Waals surface area contributed by atoms with Gasteiger partial charge in [-0.3, -0.25) is 4.98 Å². The maximum absolute atomic E-state index is 10.9. The Labute approximate surface area is 189 Å². The number of aliphatic carboxylic acids is 1. The van der Waals surface area contributed by atoms with Crippen LogP contribution in [-0.2, 0) is 16.1 Å². The molecular weight excluding hydrogens is 404 g/mol. The summed E-state index contributed by atoms with van der Waals surface area (Å²) in [7, 11) is 0. The number of ether oxygens (including phenoxy) is 1. The summed E-state index contributed by atoms with van der Waals surface area (Å²) in [6.45, 7) is 0.242. The molecule has 0 aliphatic heterocycles. The number of carbonyl (C=O) groups is 1. The minimum absolute atomic E-state index is 0.149. The summed E-state index contributed by atoms with van der Waals surface area (Å²) in [5.74, 6) is 0.450. The zero-order valence-corrected chi connectivity index (χ0v) is 18.5. The highest BCUT2D eigenvalue weighted by Gasteiger charge is 2.22. The maximum Gasteiger partial charge on any atom is 0.341 e. The van der Waals surface area contributed by atoms with Crippen LogP contribution in [0.2, 0.25) is 0 Å². The molecule has 2 N–H and O–H groups in total. The van der Waals surface area contributed by atoms with Crippen LogP contribution < -0.4 is 10.2 Å². The molecule has 0 amide bonds.